The van der Waals surface area contributed by atoms with Gasteiger partial charge < -0.3 is 15.1 Å². The van der Waals surface area contributed by atoms with Gasteiger partial charge in [0.15, 0.2) is 0 Å². The van der Waals surface area contributed by atoms with Gasteiger partial charge in [-0.25, -0.2) is 0 Å². The number of aromatic nitrogens is 1. The van der Waals surface area contributed by atoms with Crippen molar-refractivity contribution in [3.8, 4) is 11.5 Å². The molecule has 0 aliphatic rings. The Morgan fingerprint density at radius 3 is 2.52 bits per heavy atom. The zero-order chi connectivity index (χ0) is 18.8. The molecule has 0 saturated carbocycles. The van der Waals surface area contributed by atoms with Crippen LogP contribution in [0.2, 0.25) is 5.02 Å². The van der Waals surface area contributed by atoms with E-state index in [4.69, 9.17) is 16.4 Å². The number of pyridine rings is 1. The van der Waals surface area contributed by atoms with Crippen molar-refractivity contribution in [3.63, 3.8) is 0 Å². The fourth-order valence-corrected chi connectivity index (χ4v) is 3.04. The first kappa shape index (κ1) is 19.2. The lowest BCUT2D eigenvalue weighted by atomic mass is 10.0. The number of halogens is 1. The average molecular weight is 383 g/mol. The minimum absolute atomic E-state index is 0.112. The summed E-state index contributed by atoms with van der Waals surface area (Å²) < 4.78 is 11.7. The minimum Gasteiger partial charge on any atom is -0.507 e. The summed E-state index contributed by atoms with van der Waals surface area (Å²) in [5.41, 5.74) is -0.151. The molecule has 0 fully saturated rings. The molecule has 1 heterocycles. The van der Waals surface area contributed by atoms with Crippen molar-refractivity contribution >= 4 is 28.1 Å². The van der Waals surface area contributed by atoms with Gasteiger partial charge in [0.2, 0.25) is 0 Å². The highest BCUT2D eigenvalue weighted by Crippen LogP contribution is 2.31. The van der Waals surface area contributed by atoms with Crippen LogP contribution >= 0.6 is 11.6 Å². The van der Waals surface area contributed by atoms with Crippen molar-refractivity contribution in [1.29, 1.82) is 0 Å². The Hall–Kier alpha value is -2.12. The number of benzene rings is 1. The van der Waals surface area contributed by atoms with Gasteiger partial charge in [-0.1, -0.05) is 16.8 Å². The van der Waals surface area contributed by atoms with Gasteiger partial charge in [-0.15, -0.1) is 0 Å². The highest BCUT2D eigenvalue weighted by Gasteiger charge is 2.22. The predicted octanol–water partition coefficient (Wildman–Crippen LogP) is 3.45. The first-order valence-corrected chi connectivity index (χ1v) is 9.30. The molecule has 0 spiro atoms. The Labute approximate surface area is 153 Å². The lowest BCUT2D eigenvalue weighted by Crippen LogP contribution is -2.18. The SMILES string of the molecule is CS(=O)c1cc(O)c(/C(=N/OC(C)(C)C)c2ncccc2O)cc1Cl. The number of aromatic hydroxyl groups is 2. The highest BCUT2D eigenvalue weighted by atomic mass is 35.5. The maximum atomic E-state index is 11.7. The minimum atomic E-state index is -1.37. The van der Waals surface area contributed by atoms with Crippen molar-refractivity contribution in [2.24, 2.45) is 5.16 Å². The second-order valence-electron chi connectivity index (χ2n) is 6.27. The predicted molar refractivity (Wildman–Crippen MR) is 97.8 cm³/mol. The Morgan fingerprint density at radius 2 is 1.96 bits per heavy atom. The summed E-state index contributed by atoms with van der Waals surface area (Å²) >= 11 is 6.17. The molecule has 0 saturated heterocycles. The highest BCUT2D eigenvalue weighted by molar-refractivity contribution is 7.84. The molecule has 0 aliphatic heterocycles. The average Bonchev–Trinajstić information content (AvgIpc) is 2.50. The van der Waals surface area contributed by atoms with Crippen molar-refractivity contribution in [2.75, 3.05) is 6.26 Å². The first-order chi connectivity index (χ1) is 11.6. The molecule has 2 N–H and O–H groups in total. The van der Waals surface area contributed by atoms with E-state index in [0.29, 0.717) is 4.90 Å². The summed E-state index contributed by atoms with van der Waals surface area (Å²) in [4.78, 5) is 9.86. The van der Waals surface area contributed by atoms with E-state index in [2.05, 4.69) is 10.1 Å². The quantitative estimate of drug-likeness (QED) is 0.624. The molecular formula is C17H19ClN2O4S. The molecule has 0 bridgehead atoms. The molecule has 6 nitrogen and oxygen atoms in total. The van der Waals surface area contributed by atoms with E-state index in [9.17, 15) is 14.4 Å². The third-order valence-corrected chi connectivity index (χ3v) is 4.42. The summed E-state index contributed by atoms with van der Waals surface area (Å²) in [5.74, 6) is -0.326. The Morgan fingerprint density at radius 1 is 1.28 bits per heavy atom. The van der Waals surface area contributed by atoms with Crippen LogP contribution in [0.1, 0.15) is 32.0 Å². The zero-order valence-corrected chi connectivity index (χ0v) is 15.9. The van der Waals surface area contributed by atoms with E-state index in [1.54, 1.807) is 6.07 Å². The second kappa shape index (κ2) is 7.41. The normalized spacial score (nSPS) is 13.6. The van der Waals surface area contributed by atoms with Crippen LogP contribution in [0.15, 0.2) is 40.5 Å². The van der Waals surface area contributed by atoms with Gasteiger partial charge >= 0.3 is 0 Å². The summed E-state index contributed by atoms with van der Waals surface area (Å²) in [5, 5.41) is 24.8. The molecule has 2 aromatic rings. The van der Waals surface area contributed by atoms with Gasteiger partial charge in [0.1, 0.15) is 28.5 Å². The molecule has 2 rings (SSSR count). The van der Waals surface area contributed by atoms with Crippen LogP contribution in [0, 0.1) is 0 Å². The van der Waals surface area contributed by atoms with Crippen LogP contribution in [0.3, 0.4) is 0 Å². The van der Waals surface area contributed by atoms with Crippen LogP contribution in [-0.4, -0.2) is 37.0 Å². The Balaban J connectivity index is 2.67. The summed E-state index contributed by atoms with van der Waals surface area (Å²) in [6.45, 7) is 5.42. The van der Waals surface area contributed by atoms with Gasteiger partial charge in [-0.2, -0.15) is 0 Å². The standard InChI is InChI=1S/C17H19ClN2O4S/c1-17(2,3)24-20-15(16-12(21)6-5-7-19-16)10-8-11(18)14(25(4)23)9-13(10)22/h5-9,21-22H,1-4H3/b20-15-. The van der Waals surface area contributed by atoms with Gasteiger partial charge in [-0.05, 0) is 45.0 Å². The van der Waals surface area contributed by atoms with Crippen LogP contribution in [0.4, 0.5) is 0 Å². The van der Waals surface area contributed by atoms with E-state index in [1.165, 1.54) is 30.7 Å². The molecule has 1 atom stereocenters. The van der Waals surface area contributed by atoms with Crippen LogP contribution in [0.5, 0.6) is 11.5 Å². The van der Waals surface area contributed by atoms with E-state index >= 15 is 0 Å². The van der Waals surface area contributed by atoms with E-state index < -0.39 is 16.4 Å². The van der Waals surface area contributed by atoms with Crippen molar-refractivity contribution in [2.45, 2.75) is 31.3 Å². The van der Waals surface area contributed by atoms with E-state index in [1.807, 2.05) is 20.8 Å². The third kappa shape index (κ3) is 4.70. The molecule has 0 radical (unpaired) electrons. The molecule has 1 aromatic carbocycles. The van der Waals surface area contributed by atoms with Crippen molar-refractivity contribution in [3.05, 3.63) is 46.7 Å². The lowest BCUT2D eigenvalue weighted by Gasteiger charge is -2.18. The van der Waals surface area contributed by atoms with Gasteiger partial charge in [-0.3, -0.25) is 9.19 Å². The monoisotopic (exact) mass is 382 g/mol. The number of nitrogens with zero attached hydrogens (tertiary/aromatic N) is 2. The summed E-state index contributed by atoms with van der Waals surface area (Å²) in [6.07, 6.45) is 2.94. The van der Waals surface area contributed by atoms with Gasteiger partial charge in [0.05, 0.1) is 20.7 Å². The summed E-state index contributed by atoms with van der Waals surface area (Å²) in [6, 6.07) is 5.74. The number of phenols is 1. The van der Waals surface area contributed by atoms with E-state index in [-0.39, 0.29) is 33.5 Å². The maximum Gasteiger partial charge on any atom is 0.143 e. The van der Waals surface area contributed by atoms with Crippen molar-refractivity contribution < 1.29 is 19.3 Å². The molecule has 134 valence electrons. The molecule has 0 aliphatic carbocycles. The molecule has 25 heavy (non-hydrogen) atoms. The molecular weight excluding hydrogens is 364 g/mol. The smallest absolute Gasteiger partial charge is 0.143 e. The maximum absolute atomic E-state index is 11.7. The van der Waals surface area contributed by atoms with Gasteiger partial charge in [0, 0.05) is 18.0 Å². The van der Waals surface area contributed by atoms with Gasteiger partial charge in [0.25, 0.3) is 0 Å². The number of hydrogen-bond donors (Lipinski definition) is 2. The number of hydrogen-bond acceptors (Lipinski definition) is 6. The molecule has 8 heteroatoms. The van der Waals surface area contributed by atoms with Crippen LogP contribution < -0.4 is 0 Å². The largest absolute Gasteiger partial charge is 0.507 e. The number of rotatable bonds is 4. The van der Waals surface area contributed by atoms with Crippen molar-refractivity contribution in [1.82, 2.24) is 4.98 Å². The second-order valence-corrected chi connectivity index (χ2v) is 8.02. The third-order valence-electron chi connectivity index (χ3n) is 3.04. The van der Waals surface area contributed by atoms with Crippen LogP contribution in [-0.2, 0) is 15.6 Å². The zero-order valence-electron chi connectivity index (χ0n) is 14.3. The fraction of sp³-hybridized carbons (Fsp3) is 0.294. The molecule has 1 unspecified atom stereocenters. The van der Waals surface area contributed by atoms with E-state index in [0.717, 1.165) is 0 Å². The number of oxime groups is 1. The topological polar surface area (TPSA) is 92.0 Å². The molecule has 0 amide bonds. The Bertz CT molecular complexity index is 847. The first-order valence-electron chi connectivity index (χ1n) is 7.37. The van der Waals surface area contributed by atoms with Crippen LogP contribution in [0.25, 0.3) is 0 Å². The number of phenolic OH excluding ortho intramolecular Hbond substituents is 1. The lowest BCUT2D eigenvalue weighted by molar-refractivity contribution is 0.00109. The fourth-order valence-electron chi connectivity index (χ4n) is 1.93. The Kier molecular flexibility index (Phi) is 5.69. The molecule has 1 aromatic heterocycles. The summed E-state index contributed by atoms with van der Waals surface area (Å²) in [7, 11) is -1.37.